The largest absolute Gasteiger partial charge is 0.461 e. The molecule has 0 bridgehead atoms. The van der Waals surface area contributed by atoms with Gasteiger partial charge in [0, 0.05) is 5.69 Å². The number of likely N-dealkylation sites (N-methyl/N-ethyl adjacent to an activating group) is 1. The standard InChI is InChI=1S/C17H27N3O3/c1-4-20(5-2)11-14(21)19-15-12-9-7-8-10-13(12)18-16(15)17(22)23-6-3/h18H,4-11H2,1-3H3,(H,19,21). The highest BCUT2D eigenvalue weighted by Gasteiger charge is 2.26. The maximum Gasteiger partial charge on any atom is 0.356 e. The minimum atomic E-state index is -0.403. The number of anilines is 1. The van der Waals surface area contributed by atoms with Gasteiger partial charge in [0.15, 0.2) is 0 Å². The fourth-order valence-corrected chi connectivity index (χ4v) is 3.01. The summed E-state index contributed by atoms with van der Waals surface area (Å²) in [7, 11) is 0. The van der Waals surface area contributed by atoms with Crippen molar-refractivity contribution in [2.75, 3.05) is 31.6 Å². The molecule has 1 aromatic rings. The number of rotatable bonds is 7. The number of hydrogen-bond acceptors (Lipinski definition) is 4. The van der Waals surface area contributed by atoms with E-state index in [4.69, 9.17) is 4.74 Å². The minimum Gasteiger partial charge on any atom is -0.461 e. The van der Waals surface area contributed by atoms with Gasteiger partial charge >= 0.3 is 5.97 Å². The molecule has 6 heteroatoms. The number of fused-ring (bicyclic) bond motifs is 1. The lowest BCUT2D eigenvalue weighted by Crippen LogP contribution is -2.33. The van der Waals surface area contributed by atoms with E-state index in [1.807, 2.05) is 18.7 Å². The Labute approximate surface area is 137 Å². The number of esters is 1. The van der Waals surface area contributed by atoms with E-state index in [2.05, 4.69) is 10.3 Å². The molecule has 1 aliphatic carbocycles. The first kappa shape index (κ1) is 17.5. The molecular formula is C17H27N3O3. The fourth-order valence-electron chi connectivity index (χ4n) is 3.01. The molecule has 0 fully saturated rings. The zero-order chi connectivity index (χ0) is 16.8. The Bertz CT molecular complexity index is 562. The molecule has 0 saturated heterocycles. The normalized spacial score (nSPS) is 13.7. The number of carbonyl (C=O) groups excluding carboxylic acids is 2. The van der Waals surface area contributed by atoms with Gasteiger partial charge < -0.3 is 15.0 Å². The highest BCUT2D eigenvalue weighted by molar-refractivity contribution is 6.02. The molecule has 6 nitrogen and oxygen atoms in total. The molecular weight excluding hydrogens is 294 g/mol. The van der Waals surface area contributed by atoms with Gasteiger partial charge in [-0.1, -0.05) is 13.8 Å². The summed E-state index contributed by atoms with van der Waals surface area (Å²) < 4.78 is 5.12. The van der Waals surface area contributed by atoms with Crippen LogP contribution in [0.4, 0.5) is 5.69 Å². The second-order valence-corrected chi connectivity index (χ2v) is 5.77. The van der Waals surface area contributed by atoms with Crippen LogP contribution in [0.3, 0.4) is 0 Å². The predicted octanol–water partition coefficient (Wildman–Crippen LogP) is 2.35. The molecule has 1 heterocycles. The van der Waals surface area contributed by atoms with Crippen LogP contribution in [0.15, 0.2) is 0 Å². The molecule has 2 N–H and O–H groups in total. The van der Waals surface area contributed by atoms with E-state index >= 15 is 0 Å². The van der Waals surface area contributed by atoms with Crippen molar-refractivity contribution in [3.05, 3.63) is 17.0 Å². The van der Waals surface area contributed by atoms with E-state index in [1.54, 1.807) is 6.92 Å². The lowest BCUT2D eigenvalue weighted by Gasteiger charge is -2.18. The van der Waals surface area contributed by atoms with Crippen LogP contribution in [0.25, 0.3) is 0 Å². The third-order valence-corrected chi connectivity index (χ3v) is 4.30. The number of carbonyl (C=O) groups is 2. The summed E-state index contributed by atoms with van der Waals surface area (Å²) in [5.41, 5.74) is 3.12. The first-order valence-electron chi connectivity index (χ1n) is 8.53. The van der Waals surface area contributed by atoms with Gasteiger partial charge in [0.1, 0.15) is 5.69 Å². The smallest absolute Gasteiger partial charge is 0.356 e. The van der Waals surface area contributed by atoms with E-state index in [9.17, 15) is 9.59 Å². The number of aromatic nitrogens is 1. The van der Waals surface area contributed by atoms with Gasteiger partial charge in [0.05, 0.1) is 18.8 Å². The number of nitrogens with one attached hydrogen (secondary N) is 2. The Morgan fingerprint density at radius 1 is 1.17 bits per heavy atom. The van der Waals surface area contributed by atoms with Gasteiger partial charge in [0.25, 0.3) is 0 Å². The molecule has 128 valence electrons. The second kappa shape index (κ2) is 8.15. The molecule has 0 atom stereocenters. The van der Waals surface area contributed by atoms with Gasteiger partial charge in [-0.25, -0.2) is 4.79 Å². The van der Waals surface area contributed by atoms with Crippen LogP contribution in [-0.4, -0.2) is 48.0 Å². The number of ether oxygens (including phenoxy) is 1. The van der Waals surface area contributed by atoms with Gasteiger partial charge in [-0.3, -0.25) is 9.69 Å². The molecule has 1 aromatic heterocycles. The maximum absolute atomic E-state index is 12.3. The molecule has 0 spiro atoms. The minimum absolute atomic E-state index is 0.0911. The van der Waals surface area contributed by atoms with Crippen LogP contribution in [0, 0.1) is 0 Å². The van der Waals surface area contributed by atoms with Gasteiger partial charge in [-0.2, -0.15) is 0 Å². The molecule has 0 saturated carbocycles. The second-order valence-electron chi connectivity index (χ2n) is 5.77. The van der Waals surface area contributed by atoms with Gasteiger partial charge in [-0.05, 0) is 51.3 Å². The van der Waals surface area contributed by atoms with Gasteiger partial charge in [0.2, 0.25) is 5.91 Å². The Hall–Kier alpha value is -1.82. The quantitative estimate of drug-likeness (QED) is 0.756. The van der Waals surface area contributed by atoms with Crippen LogP contribution >= 0.6 is 0 Å². The predicted molar refractivity (Wildman–Crippen MR) is 89.8 cm³/mol. The molecule has 0 aliphatic heterocycles. The summed E-state index contributed by atoms with van der Waals surface area (Å²) in [5.74, 6) is -0.494. The van der Waals surface area contributed by atoms with Crippen molar-refractivity contribution in [2.24, 2.45) is 0 Å². The first-order chi connectivity index (χ1) is 11.1. The fraction of sp³-hybridized carbons (Fsp3) is 0.647. The Balaban J connectivity index is 2.23. The zero-order valence-electron chi connectivity index (χ0n) is 14.3. The Kier molecular flexibility index (Phi) is 6.21. The van der Waals surface area contributed by atoms with Crippen molar-refractivity contribution in [3.8, 4) is 0 Å². The number of aryl methyl sites for hydroxylation is 1. The van der Waals surface area contributed by atoms with Crippen molar-refractivity contribution in [3.63, 3.8) is 0 Å². The molecule has 0 aromatic carbocycles. The van der Waals surface area contributed by atoms with E-state index in [0.29, 0.717) is 24.5 Å². The number of H-pyrrole nitrogens is 1. The zero-order valence-corrected chi connectivity index (χ0v) is 14.3. The third kappa shape index (κ3) is 4.13. The monoisotopic (exact) mass is 321 g/mol. The summed E-state index contributed by atoms with van der Waals surface area (Å²) in [6, 6.07) is 0. The molecule has 0 radical (unpaired) electrons. The maximum atomic E-state index is 12.3. The molecule has 1 aliphatic rings. The number of nitrogens with zero attached hydrogens (tertiary/aromatic N) is 1. The van der Waals surface area contributed by atoms with E-state index in [0.717, 1.165) is 50.0 Å². The van der Waals surface area contributed by atoms with Gasteiger partial charge in [-0.15, -0.1) is 0 Å². The third-order valence-electron chi connectivity index (χ3n) is 4.30. The molecule has 0 unspecified atom stereocenters. The van der Waals surface area contributed by atoms with Crippen LogP contribution in [0.5, 0.6) is 0 Å². The summed E-state index contributed by atoms with van der Waals surface area (Å²) in [4.78, 5) is 29.7. The summed E-state index contributed by atoms with van der Waals surface area (Å²) in [5, 5.41) is 2.94. The number of aromatic amines is 1. The summed E-state index contributed by atoms with van der Waals surface area (Å²) in [6.45, 7) is 8.11. The van der Waals surface area contributed by atoms with Crippen molar-refractivity contribution >= 4 is 17.6 Å². The van der Waals surface area contributed by atoms with E-state index in [-0.39, 0.29) is 5.91 Å². The van der Waals surface area contributed by atoms with E-state index < -0.39 is 5.97 Å². The molecule has 23 heavy (non-hydrogen) atoms. The first-order valence-corrected chi connectivity index (χ1v) is 8.53. The lowest BCUT2D eigenvalue weighted by molar-refractivity contribution is -0.117. The van der Waals surface area contributed by atoms with Crippen LogP contribution in [0.1, 0.15) is 55.4 Å². The average Bonchev–Trinajstić information content (AvgIpc) is 2.91. The SMILES string of the molecule is CCOC(=O)c1[nH]c2c(c1NC(=O)CN(CC)CC)CCCC2. The van der Waals surface area contributed by atoms with Crippen LogP contribution in [0.2, 0.25) is 0 Å². The summed E-state index contributed by atoms with van der Waals surface area (Å²) in [6.07, 6.45) is 3.97. The van der Waals surface area contributed by atoms with Crippen molar-refractivity contribution in [1.29, 1.82) is 0 Å². The lowest BCUT2D eigenvalue weighted by atomic mass is 9.97. The molecule has 2 rings (SSSR count). The number of hydrogen-bond donors (Lipinski definition) is 2. The topological polar surface area (TPSA) is 74.4 Å². The van der Waals surface area contributed by atoms with Crippen LogP contribution in [-0.2, 0) is 22.4 Å². The summed E-state index contributed by atoms with van der Waals surface area (Å²) >= 11 is 0. The van der Waals surface area contributed by atoms with Crippen molar-refractivity contribution in [1.82, 2.24) is 9.88 Å². The molecule has 1 amide bonds. The van der Waals surface area contributed by atoms with Crippen LogP contribution < -0.4 is 5.32 Å². The number of amides is 1. The van der Waals surface area contributed by atoms with E-state index in [1.165, 1.54) is 0 Å². The van der Waals surface area contributed by atoms with Crippen molar-refractivity contribution < 1.29 is 14.3 Å². The highest BCUT2D eigenvalue weighted by Crippen LogP contribution is 2.31. The van der Waals surface area contributed by atoms with Crippen molar-refractivity contribution in [2.45, 2.75) is 46.5 Å². The highest BCUT2D eigenvalue weighted by atomic mass is 16.5. The Morgan fingerprint density at radius 3 is 2.52 bits per heavy atom. The Morgan fingerprint density at radius 2 is 1.87 bits per heavy atom. The average molecular weight is 321 g/mol.